The Morgan fingerprint density at radius 3 is 2.56 bits per heavy atom. The maximum atomic E-state index is 14.0. The molecule has 0 radical (unpaired) electrons. The van der Waals surface area contributed by atoms with Crippen LogP contribution in [0.15, 0.2) is 59.0 Å². The molecule has 1 aliphatic rings. The summed E-state index contributed by atoms with van der Waals surface area (Å²) in [7, 11) is 2.48. The number of phenolic OH excluding ortho intramolecular Hbond substituents is 1. The number of nitrogens with zero attached hydrogens (tertiary/aromatic N) is 1. The zero-order valence-electron chi connectivity index (χ0n) is 25.0. The molecule has 48 heavy (non-hydrogen) atoms. The summed E-state index contributed by atoms with van der Waals surface area (Å²) in [4.78, 5) is 46.0. The Morgan fingerprint density at radius 2 is 1.85 bits per heavy atom. The van der Waals surface area contributed by atoms with Crippen molar-refractivity contribution in [2.45, 2.75) is 12.1 Å². The lowest BCUT2D eigenvalue weighted by Crippen LogP contribution is -2.30. The molecule has 0 bridgehead atoms. The van der Waals surface area contributed by atoms with Crippen LogP contribution in [0.4, 0.5) is 24.5 Å². The number of nitrogens with one attached hydrogen (secondary N) is 3. The molecule has 1 aliphatic heterocycles. The number of benzene rings is 3. The molecule has 0 unspecified atom stereocenters. The quantitative estimate of drug-likeness (QED) is 0.108. The Balaban J connectivity index is 1.22. The molecule has 6 aromatic rings. The number of carbonyl (C=O) groups is 3. The monoisotopic (exact) mass is 680 g/mol. The van der Waals surface area contributed by atoms with E-state index in [-0.39, 0.29) is 46.0 Å². The fraction of sp³-hybridized carbons (Fsp3) is 0.182. The van der Waals surface area contributed by atoms with E-state index in [2.05, 4.69) is 20.0 Å². The second-order valence-corrected chi connectivity index (χ2v) is 11.5. The van der Waals surface area contributed by atoms with E-state index in [0.717, 1.165) is 7.11 Å². The summed E-state index contributed by atoms with van der Waals surface area (Å²) in [5.74, 6) is -3.00. The summed E-state index contributed by atoms with van der Waals surface area (Å²) in [6, 6.07) is 14.4. The summed E-state index contributed by atoms with van der Waals surface area (Å²) >= 11 is 6.25. The number of alkyl halides is 4. The van der Waals surface area contributed by atoms with Gasteiger partial charge in [-0.15, -0.1) is 11.6 Å². The van der Waals surface area contributed by atoms with Crippen LogP contribution in [0.3, 0.4) is 0 Å². The fourth-order valence-electron chi connectivity index (χ4n) is 6.18. The van der Waals surface area contributed by atoms with Crippen molar-refractivity contribution in [1.29, 1.82) is 0 Å². The fourth-order valence-corrected chi connectivity index (χ4v) is 6.43. The Labute approximate surface area is 273 Å². The van der Waals surface area contributed by atoms with Gasteiger partial charge in [-0.25, -0.2) is 4.79 Å². The van der Waals surface area contributed by atoms with Crippen LogP contribution in [-0.2, 0) is 10.9 Å². The number of aromatic nitrogens is 2. The molecule has 246 valence electrons. The van der Waals surface area contributed by atoms with Crippen LogP contribution in [0.25, 0.3) is 32.8 Å². The van der Waals surface area contributed by atoms with Gasteiger partial charge in [0.15, 0.2) is 5.76 Å². The Hall–Kier alpha value is -5.63. The van der Waals surface area contributed by atoms with Crippen molar-refractivity contribution >= 4 is 73.5 Å². The van der Waals surface area contributed by atoms with E-state index in [0.29, 0.717) is 33.3 Å². The topological polar surface area (TPSA) is 150 Å². The number of H-pyrrole nitrogens is 2. The molecule has 11 nitrogen and oxygen atoms in total. The summed E-state index contributed by atoms with van der Waals surface area (Å²) < 4.78 is 57.5. The first-order chi connectivity index (χ1) is 22.9. The van der Waals surface area contributed by atoms with E-state index in [1.807, 2.05) is 0 Å². The van der Waals surface area contributed by atoms with Gasteiger partial charge in [0.1, 0.15) is 28.5 Å². The van der Waals surface area contributed by atoms with Gasteiger partial charge < -0.3 is 39.2 Å². The number of carbonyl (C=O) groups excluding carboxylic acids is 3. The molecule has 0 aliphatic carbocycles. The van der Waals surface area contributed by atoms with Gasteiger partial charge >= 0.3 is 12.1 Å². The molecule has 0 saturated carbocycles. The van der Waals surface area contributed by atoms with E-state index in [1.54, 1.807) is 48.5 Å². The number of methoxy groups -OCH3 is 2. The number of hydrogen-bond acceptors (Lipinski definition) is 7. The van der Waals surface area contributed by atoms with Gasteiger partial charge in [0.2, 0.25) is 0 Å². The lowest BCUT2D eigenvalue weighted by atomic mass is 9.95. The van der Waals surface area contributed by atoms with E-state index >= 15 is 0 Å². The minimum atomic E-state index is -4.98. The number of rotatable bonds is 6. The highest BCUT2D eigenvalue weighted by Crippen LogP contribution is 2.49. The minimum Gasteiger partial charge on any atom is -0.506 e. The second kappa shape index (κ2) is 11.3. The Morgan fingerprint density at radius 1 is 1.06 bits per heavy atom. The summed E-state index contributed by atoms with van der Waals surface area (Å²) in [5, 5.41) is 14.6. The number of aromatic hydroxyl groups is 1. The lowest BCUT2D eigenvalue weighted by molar-refractivity contribution is -0.141. The minimum absolute atomic E-state index is 0.0383. The van der Waals surface area contributed by atoms with Gasteiger partial charge in [0.05, 0.1) is 31.0 Å². The first-order valence-electron chi connectivity index (χ1n) is 14.4. The average molecular weight is 681 g/mol. The Kier molecular flexibility index (Phi) is 7.27. The van der Waals surface area contributed by atoms with Gasteiger partial charge in [-0.2, -0.15) is 13.2 Å². The molecule has 3 aromatic heterocycles. The van der Waals surface area contributed by atoms with E-state index < -0.39 is 46.9 Å². The smallest absolute Gasteiger partial charge is 0.432 e. The number of furan rings is 1. The third-order valence-corrected chi connectivity index (χ3v) is 8.71. The molecular weight excluding hydrogens is 657 g/mol. The van der Waals surface area contributed by atoms with Crippen LogP contribution in [-0.4, -0.2) is 59.5 Å². The number of fused-ring (bicyclic) bond motifs is 5. The number of aromatic amines is 2. The highest BCUT2D eigenvalue weighted by molar-refractivity contribution is 6.20. The number of ether oxygens (including phenoxy) is 2. The molecule has 0 saturated heterocycles. The molecule has 4 N–H and O–H groups in total. The van der Waals surface area contributed by atoms with Crippen molar-refractivity contribution in [2.75, 3.05) is 36.9 Å². The predicted octanol–water partition coefficient (Wildman–Crippen LogP) is 7.15. The van der Waals surface area contributed by atoms with Crippen molar-refractivity contribution in [3.63, 3.8) is 0 Å². The van der Waals surface area contributed by atoms with Crippen molar-refractivity contribution < 1.29 is 46.6 Å². The van der Waals surface area contributed by atoms with Crippen LogP contribution >= 0.6 is 11.6 Å². The molecule has 2 amide bonds. The lowest BCUT2D eigenvalue weighted by Gasteiger charge is -2.17. The molecular formula is C33H24ClF3N4O7. The maximum Gasteiger partial charge on any atom is 0.432 e. The molecule has 3 aromatic carbocycles. The number of halogens is 4. The van der Waals surface area contributed by atoms with E-state index in [4.69, 9.17) is 20.8 Å². The largest absolute Gasteiger partial charge is 0.506 e. The number of phenols is 1. The van der Waals surface area contributed by atoms with Crippen LogP contribution in [0, 0.1) is 0 Å². The van der Waals surface area contributed by atoms with Crippen molar-refractivity contribution in [1.82, 2.24) is 9.97 Å². The van der Waals surface area contributed by atoms with Crippen LogP contribution in [0.2, 0.25) is 0 Å². The maximum absolute atomic E-state index is 14.0. The normalized spacial score (nSPS) is 14.5. The zero-order chi connectivity index (χ0) is 34.1. The molecule has 0 fully saturated rings. The van der Waals surface area contributed by atoms with Gasteiger partial charge in [-0.3, -0.25) is 9.59 Å². The van der Waals surface area contributed by atoms with Crippen LogP contribution in [0.1, 0.15) is 48.6 Å². The molecule has 15 heteroatoms. The average Bonchev–Trinajstić information content (AvgIpc) is 3.85. The highest BCUT2D eigenvalue weighted by Gasteiger charge is 2.43. The molecule has 0 spiro atoms. The summed E-state index contributed by atoms with van der Waals surface area (Å²) in [6.45, 7) is -0.0383. The molecule has 4 heterocycles. The van der Waals surface area contributed by atoms with Crippen molar-refractivity contribution in [3.05, 3.63) is 82.9 Å². The van der Waals surface area contributed by atoms with Crippen LogP contribution < -0.4 is 15.0 Å². The predicted molar refractivity (Wildman–Crippen MR) is 170 cm³/mol. The number of esters is 1. The standard InChI is InChI=1S/C33H24ClF3N4O7/c1-46-18-4-6-23-15(8-18)10-24(48-23)30(43)38-17-3-5-19-14(7-17)9-20(39-19)31(44)41-13-16(12-34)25-21(41)11-22(42)28-26(25)27(32(45)47-2)29(40-28)33(35,36)37/h3-11,16,39-40,42H,12-13H2,1-2H3,(H,38,43)/t16-/m1/s1. The highest BCUT2D eigenvalue weighted by atomic mass is 35.5. The Bertz CT molecular complexity index is 2310. The number of amides is 2. The third-order valence-electron chi connectivity index (χ3n) is 8.34. The van der Waals surface area contributed by atoms with Gasteiger partial charge in [-0.05, 0) is 54.1 Å². The summed E-state index contributed by atoms with van der Waals surface area (Å²) in [5.41, 5.74) is -0.596. The SMILES string of the molecule is COC(=O)c1c(C(F)(F)F)[nH]c2c(O)cc3c(c12)[C@H](CCl)CN3C(=O)c1cc2cc(NC(=O)c3cc4cc(OC)ccc4o3)ccc2[nH]1. The van der Waals surface area contributed by atoms with Crippen molar-refractivity contribution in [2.24, 2.45) is 0 Å². The number of hydrogen-bond donors (Lipinski definition) is 4. The van der Waals surface area contributed by atoms with E-state index in [1.165, 1.54) is 18.1 Å². The van der Waals surface area contributed by atoms with E-state index in [9.17, 15) is 32.7 Å². The van der Waals surface area contributed by atoms with Crippen LogP contribution in [0.5, 0.6) is 11.5 Å². The number of anilines is 2. The van der Waals surface area contributed by atoms with Gasteiger partial charge in [0, 0.05) is 51.8 Å². The van der Waals surface area contributed by atoms with Crippen molar-refractivity contribution in [3.8, 4) is 11.5 Å². The first kappa shape index (κ1) is 31.0. The third kappa shape index (κ3) is 4.96. The van der Waals surface area contributed by atoms with Gasteiger partial charge in [0.25, 0.3) is 11.8 Å². The molecule has 7 rings (SSSR count). The zero-order valence-corrected chi connectivity index (χ0v) is 25.8. The second-order valence-electron chi connectivity index (χ2n) is 11.2. The molecule has 1 atom stereocenters. The van der Waals surface area contributed by atoms with Gasteiger partial charge in [-0.1, -0.05) is 0 Å². The first-order valence-corrected chi connectivity index (χ1v) is 14.9. The summed E-state index contributed by atoms with van der Waals surface area (Å²) in [6.07, 6.45) is -4.98.